The molecule has 11 heteroatoms. The quantitative estimate of drug-likeness (QED) is 0.232. The average Bonchev–Trinajstić information content (AvgIpc) is 2.60. The van der Waals surface area contributed by atoms with Gasteiger partial charge in [0.2, 0.25) is 0 Å². The molecule has 0 aliphatic rings. The fourth-order valence-electron chi connectivity index (χ4n) is 1.96. The van der Waals surface area contributed by atoms with Crippen LogP contribution in [0.25, 0.3) is 0 Å². The zero-order valence-corrected chi connectivity index (χ0v) is 14.7. The number of nitro groups is 2. The minimum absolute atomic E-state index is 0. The summed E-state index contributed by atoms with van der Waals surface area (Å²) in [5.74, 6) is -0.270. The molecule has 2 aromatic rings. The van der Waals surface area contributed by atoms with Crippen LogP contribution in [0.3, 0.4) is 0 Å². The molecule has 0 atom stereocenters. The van der Waals surface area contributed by atoms with Gasteiger partial charge in [-0.25, -0.2) is 0 Å². The van der Waals surface area contributed by atoms with Gasteiger partial charge >= 0.3 is 16.5 Å². The zero-order chi connectivity index (χ0) is 19.1. The van der Waals surface area contributed by atoms with Crippen molar-refractivity contribution in [3.8, 4) is 11.5 Å². The number of rotatable bonds is 7. The normalized spacial score (nSPS) is 10.8. The summed E-state index contributed by atoms with van der Waals surface area (Å²) in [6, 6.07) is 7.18. The van der Waals surface area contributed by atoms with Crippen molar-refractivity contribution >= 4 is 23.8 Å². The molecule has 0 radical (unpaired) electrons. The number of aromatic hydroxyl groups is 2. The van der Waals surface area contributed by atoms with E-state index in [-0.39, 0.29) is 63.6 Å². The molecule has 0 saturated heterocycles. The summed E-state index contributed by atoms with van der Waals surface area (Å²) >= 11 is 0. The van der Waals surface area contributed by atoms with E-state index >= 15 is 0 Å². The molecule has 27 heavy (non-hydrogen) atoms. The van der Waals surface area contributed by atoms with Crippen molar-refractivity contribution in [2.45, 2.75) is 0 Å². The predicted molar refractivity (Wildman–Crippen MR) is 94.4 cm³/mol. The molecular weight excluding hydrogens is 403 g/mol. The number of phenolic OH excluding ortho intramolecular Hbond substituents is 2. The number of aliphatic imine (C=N–C) groups is 2. The smallest absolute Gasteiger partial charge is 0.507 e. The van der Waals surface area contributed by atoms with Crippen LogP contribution in [-0.2, 0) is 16.5 Å². The Labute approximate surface area is 163 Å². The second kappa shape index (κ2) is 9.98. The first-order valence-electron chi connectivity index (χ1n) is 7.33. The Hall–Kier alpha value is -3.33. The Morgan fingerprint density at radius 2 is 1.19 bits per heavy atom. The summed E-state index contributed by atoms with van der Waals surface area (Å²) in [6.07, 6.45) is 2.59. The second-order valence-electron chi connectivity index (χ2n) is 5.07. The summed E-state index contributed by atoms with van der Waals surface area (Å²) in [4.78, 5) is 28.3. The molecule has 0 fully saturated rings. The van der Waals surface area contributed by atoms with Crippen molar-refractivity contribution in [1.82, 2.24) is 0 Å². The Morgan fingerprint density at radius 3 is 1.52 bits per heavy atom. The molecule has 142 valence electrons. The Kier molecular flexibility index (Phi) is 8.02. The van der Waals surface area contributed by atoms with E-state index in [1.165, 1.54) is 48.8 Å². The van der Waals surface area contributed by atoms with Crippen LogP contribution in [0.1, 0.15) is 11.1 Å². The van der Waals surface area contributed by atoms with Crippen molar-refractivity contribution in [2.75, 3.05) is 13.1 Å². The van der Waals surface area contributed by atoms with Crippen LogP contribution in [0.2, 0.25) is 0 Å². The Morgan fingerprint density at radius 1 is 0.815 bits per heavy atom. The first kappa shape index (κ1) is 21.7. The number of nitrogens with zero attached hydrogens (tertiary/aromatic N) is 4. The maximum Gasteiger partial charge on any atom is 2.00 e. The Bertz CT molecular complexity index is 827. The van der Waals surface area contributed by atoms with E-state index in [0.29, 0.717) is 0 Å². The third-order valence-corrected chi connectivity index (χ3v) is 3.26. The van der Waals surface area contributed by atoms with Crippen molar-refractivity contribution in [3.63, 3.8) is 0 Å². The SMILES string of the molecule is O=[N+]([O-])c1ccc(O)c(C=NCCN=Cc2cc([N+](=O)[O-])ccc2O)c1.[Ni+2]. The van der Waals surface area contributed by atoms with E-state index in [2.05, 4.69) is 9.98 Å². The van der Waals surface area contributed by atoms with Gasteiger partial charge in [-0.3, -0.25) is 30.2 Å². The molecule has 0 aliphatic carbocycles. The van der Waals surface area contributed by atoms with Crippen molar-refractivity contribution in [1.29, 1.82) is 0 Å². The zero-order valence-electron chi connectivity index (χ0n) is 13.7. The van der Waals surface area contributed by atoms with Gasteiger partial charge in [-0.05, 0) is 12.1 Å². The fraction of sp³-hybridized carbons (Fsp3) is 0.125. The summed E-state index contributed by atoms with van der Waals surface area (Å²) in [5.41, 5.74) is 0.0888. The van der Waals surface area contributed by atoms with Gasteiger partial charge in [0.15, 0.2) is 0 Å². The van der Waals surface area contributed by atoms with Crippen LogP contribution in [0.4, 0.5) is 11.4 Å². The van der Waals surface area contributed by atoms with E-state index in [9.17, 15) is 30.4 Å². The number of nitro benzene ring substituents is 2. The molecule has 0 saturated carbocycles. The van der Waals surface area contributed by atoms with Gasteiger partial charge in [0.1, 0.15) is 11.5 Å². The molecule has 0 spiro atoms. The number of non-ortho nitro benzene ring substituents is 2. The first-order valence-corrected chi connectivity index (χ1v) is 7.33. The van der Waals surface area contributed by atoms with Gasteiger partial charge in [-0.1, -0.05) is 0 Å². The van der Waals surface area contributed by atoms with Crippen molar-refractivity contribution in [2.24, 2.45) is 9.98 Å². The molecular formula is C16H14N4NiO6+2. The maximum atomic E-state index is 10.7. The van der Waals surface area contributed by atoms with Crippen LogP contribution >= 0.6 is 0 Å². The largest absolute Gasteiger partial charge is 2.00 e. The van der Waals surface area contributed by atoms with Gasteiger partial charge < -0.3 is 10.2 Å². The van der Waals surface area contributed by atoms with Gasteiger partial charge in [-0.2, -0.15) is 0 Å². The van der Waals surface area contributed by atoms with Gasteiger partial charge in [-0.15, -0.1) is 0 Å². The van der Waals surface area contributed by atoms with Crippen LogP contribution in [0, 0.1) is 20.2 Å². The van der Waals surface area contributed by atoms with E-state index in [0.717, 1.165) is 0 Å². The van der Waals surface area contributed by atoms with Gasteiger partial charge in [0, 0.05) is 47.8 Å². The minimum Gasteiger partial charge on any atom is -0.507 e. The molecule has 2 aromatic carbocycles. The molecule has 10 nitrogen and oxygen atoms in total. The van der Waals surface area contributed by atoms with Crippen LogP contribution in [-0.4, -0.2) is 45.6 Å². The second-order valence-corrected chi connectivity index (χ2v) is 5.07. The topological polar surface area (TPSA) is 151 Å². The molecule has 2 rings (SSSR count). The third-order valence-electron chi connectivity index (χ3n) is 3.26. The number of phenols is 2. The summed E-state index contributed by atoms with van der Waals surface area (Å²) in [7, 11) is 0. The van der Waals surface area contributed by atoms with Crippen LogP contribution < -0.4 is 0 Å². The molecule has 0 heterocycles. The van der Waals surface area contributed by atoms with E-state index in [4.69, 9.17) is 0 Å². The predicted octanol–water partition coefficient (Wildman–Crippen LogP) is 2.45. The maximum absolute atomic E-state index is 10.7. The molecule has 0 amide bonds. The van der Waals surface area contributed by atoms with Crippen LogP contribution in [0.15, 0.2) is 46.4 Å². The summed E-state index contributed by atoms with van der Waals surface area (Å²) in [5, 5.41) is 40.7. The molecule has 2 N–H and O–H groups in total. The van der Waals surface area contributed by atoms with Crippen molar-refractivity contribution < 1.29 is 36.6 Å². The monoisotopic (exact) mass is 416 g/mol. The number of hydrogen-bond acceptors (Lipinski definition) is 8. The van der Waals surface area contributed by atoms with Gasteiger partial charge in [0.05, 0.1) is 22.9 Å². The van der Waals surface area contributed by atoms with Crippen molar-refractivity contribution in [3.05, 3.63) is 67.8 Å². The van der Waals surface area contributed by atoms with E-state index < -0.39 is 9.85 Å². The van der Waals surface area contributed by atoms with E-state index in [1.807, 2.05) is 0 Å². The third kappa shape index (κ3) is 6.16. The minimum atomic E-state index is -0.577. The molecule has 0 unspecified atom stereocenters. The fourth-order valence-corrected chi connectivity index (χ4v) is 1.96. The number of benzene rings is 2. The number of hydrogen-bond donors (Lipinski definition) is 2. The summed E-state index contributed by atoms with van der Waals surface area (Å²) < 4.78 is 0. The first-order chi connectivity index (χ1) is 12.4. The van der Waals surface area contributed by atoms with E-state index in [1.54, 1.807) is 0 Å². The standard InChI is InChI=1S/C16H14N4O6.Ni/c21-15-3-1-13(19(23)24)7-11(15)9-17-5-6-18-10-12-8-14(20(25)26)2-4-16(12)22;/h1-4,7-10,21-22H,5-6H2;/q;+2. The molecule has 0 bridgehead atoms. The Balaban J connectivity index is 0.00000364. The van der Waals surface area contributed by atoms with Crippen LogP contribution in [0.5, 0.6) is 11.5 Å². The molecule has 0 aromatic heterocycles. The van der Waals surface area contributed by atoms with Gasteiger partial charge in [0.25, 0.3) is 11.4 Å². The molecule has 0 aliphatic heterocycles. The average molecular weight is 417 g/mol. The summed E-state index contributed by atoms with van der Waals surface area (Å²) in [6.45, 7) is 0.433.